The van der Waals surface area contributed by atoms with Crippen LogP contribution in [-0.2, 0) is 0 Å². The van der Waals surface area contributed by atoms with Gasteiger partial charge < -0.3 is 10.0 Å². The molecule has 0 unspecified atom stereocenters. The SMILES string of the molecule is Brc1cccc(C(=C(c2ccccc2)c2ccccc2)c2ccccc2)c1.OB(O)c1c2ccccc2cc2ccccc12.c1ccc(C(=C(c2ccccc2)c2cccc(-c3c4ccccc4cc4ccccc34)c2)c2ccccc2)cc1. The molecule has 14 aromatic carbocycles. The van der Waals surface area contributed by atoms with E-state index in [0.717, 1.165) is 26.0 Å². The van der Waals surface area contributed by atoms with Gasteiger partial charge in [-0.2, -0.15) is 0 Å². The van der Waals surface area contributed by atoms with Crippen molar-refractivity contribution in [1.29, 1.82) is 0 Å². The van der Waals surface area contributed by atoms with Crippen LogP contribution in [0.1, 0.15) is 44.5 Å². The fraction of sp³-hybridized carbons (Fsp3) is 0. The van der Waals surface area contributed by atoms with E-state index in [1.165, 1.54) is 99.5 Å². The Morgan fingerprint density at radius 1 is 0.238 bits per heavy atom. The summed E-state index contributed by atoms with van der Waals surface area (Å²) in [5, 5.41) is 28.0. The summed E-state index contributed by atoms with van der Waals surface area (Å²) >= 11 is 3.64. The summed E-state index contributed by atoms with van der Waals surface area (Å²) in [5.41, 5.74) is 17.6. The first-order chi connectivity index (χ1) is 41.5. The van der Waals surface area contributed by atoms with E-state index in [9.17, 15) is 10.0 Å². The molecule has 0 aromatic heterocycles. The van der Waals surface area contributed by atoms with E-state index < -0.39 is 7.12 Å². The molecule has 0 saturated heterocycles. The molecule has 4 heteroatoms. The van der Waals surface area contributed by atoms with Gasteiger partial charge >= 0.3 is 7.12 Å². The van der Waals surface area contributed by atoms with Gasteiger partial charge in [-0.3, -0.25) is 0 Å². The topological polar surface area (TPSA) is 40.5 Å². The maximum atomic E-state index is 9.58. The van der Waals surface area contributed by atoms with Crippen LogP contribution in [-0.4, -0.2) is 17.2 Å². The van der Waals surface area contributed by atoms with E-state index in [4.69, 9.17) is 0 Å². The Morgan fingerprint density at radius 3 is 0.833 bits per heavy atom. The minimum Gasteiger partial charge on any atom is -0.423 e. The zero-order valence-corrected chi connectivity index (χ0v) is 47.8. The lowest BCUT2D eigenvalue weighted by Gasteiger charge is -2.19. The largest absolute Gasteiger partial charge is 0.489 e. The lowest BCUT2D eigenvalue weighted by Crippen LogP contribution is -2.31. The first-order valence-electron chi connectivity index (χ1n) is 28.3. The summed E-state index contributed by atoms with van der Waals surface area (Å²) in [6.45, 7) is 0. The van der Waals surface area contributed by atoms with Crippen LogP contribution in [0, 0.1) is 0 Å². The zero-order valence-electron chi connectivity index (χ0n) is 46.2. The van der Waals surface area contributed by atoms with Crippen molar-refractivity contribution < 1.29 is 10.0 Å². The highest BCUT2D eigenvalue weighted by molar-refractivity contribution is 9.10. The summed E-state index contributed by atoms with van der Waals surface area (Å²) < 4.78 is 1.08. The molecule has 0 aliphatic heterocycles. The zero-order chi connectivity index (χ0) is 57.0. The van der Waals surface area contributed by atoms with Gasteiger partial charge in [-0.05, 0) is 157 Å². The number of fused-ring (bicyclic) bond motifs is 4. The van der Waals surface area contributed by atoms with Crippen LogP contribution in [0.3, 0.4) is 0 Å². The Labute approximate surface area is 500 Å². The maximum absolute atomic E-state index is 9.58. The van der Waals surface area contributed by atoms with Crippen molar-refractivity contribution in [1.82, 2.24) is 0 Å². The van der Waals surface area contributed by atoms with Gasteiger partial charge in [-0.25, -0.2) is 0 Å². The highest BCUT2D eigenvalue weighted by Gasteiger charge is 2.21. The summed E-state index contributed by atoms with van der Waals surface area (Å²) in [6, 6.07) is 119. The van der Waals surface area contributed by atoms with Crippen LogP contribution in [0.25, 0.3) is 76.5 Å². The normalized spacial score (nSPS) is 10.8. The van der Waals surface area contributed by atoms with E-state index in [2.05, 4.69) is 307 Å². The maximum Gasteiger partial charge on any atom is 0.489 e. The lowest BCUT2D eigenvalue weighted by atomic mass is 9.74. The highest BCUT2D eigenvalue weighted by atomic mass is 79.9. The highest BCUT2D eigenvalue weighted by Crippen LogP contribution is 2.42. The predicted molar refractivity (Wildman–Crippen MR) is 361 cm³/mol. The smallest absolute Gasteiger partial charge is 0.423 e. The van der Waals surface area contributed by atoms with Gasteiger partial charge in [-0.15, -0.1) is 0 Å². The molecular weight excluding hydrogens is 1080 g/mol. The number of hydrogen-bond acceptors (Lipinski definition) is 2. The third kappa shape index (κ3) is 12.0. The van der Waals surface area contributed by atoms with E-state index in [-0.39, 0.29) is 0 Å². The van der Waals surface area contributed by atoms with Gasteiger partial charge in [0, 0.05) is 4.47 Å². The second kappa shape index (κ2) is 25.9. The van der Waals surface area contributed by atoms with E-state index in [0.29, 0.717) is 5.46 Å². The molecule has 84 heavy (non-hydrogen) atoms. The minimum atomic E-state index is -1.45. The third-order valence-electron chi connectivity index (χ3n) is 15.3. The number of halogens is 1. The van der Waals surface area contributed by atoms with Gasteiger partial charge in [0.1, 0.15) is 0 Å². The molecule has 0 amide bonds. The predicted octanol–water partition coefficient (Wildman–Crippen LogP) is 19.8. The molecule has 14 aromatic rings. The molecule has 0 radical (unpaired) electrons. The second-order valence-electron chi connectivity index (χ2n) is 20.6. The number of hydrogen-bond donors (Lipinski definition) is 2. The van der Waals surface area contributed by atoms with Crippen LogP contribution < -0.4 is 5.46 Å². The van der Waals surface area contributed by atoms with Crippen molar-refractivity contribution in [2.24, 2.45) is 0 Å². The average Bonchev–Trinajstić information content (AvgIpc) is 2.54. The van der Waals surface area contributed by atoms with Gasteiger partial charge in [0.2, 0.25) is 0 Å². The molecule has 0 aliphatic carbocycles. The fourth-order valence-corrected chi connectivity index (χ4v) is 12.0. The van der Waals surface area contributed by atoms with Gasteiger partial charge in [-0.1, -0.05) is 325 Å². The fourth-order valence-electron chi connectivity index (χ4n) is 11.6. The van der Waals surface area contributed by atoms with Crippen LogP contribution >= 0.6 is 15.9 Å². The molecule has 0 fully saturated rings. The monoisotopic (exact) mass is 1140 g/mol. The van der Waals surface area contributed by atoms with Crippen molar-refractivity contribution in [2.45, 2.75) is 0 Å². The van der Waals surface area contributed by atoms with Gasteiger partial charge in [0.05, 0.1) is 0 Å². The number of benzene rings is 14. The molecule has 0 spiro atoms. The summed E-state index contributed by atoms with van der Waals surface area (Å²) in [4.78, 5) is 0. The molecule has 0 bridgehead atoms. The van der Waals surface area contributed by atoms with Crippen LogP contribution in [0.4, 0.5) is 0 Å². The Kier molecular flexibility index (Phi) is 16.8. The second-order valence-corrected chi connectivity index (χ2v) is 21.5. The summed E-state index contributed by atoms with van der Waals surface area (Å²) in [6.07, 6.45) is 0. The Bertz CT molecular complexity index is 4410. The van der Waals surface area contributed by atoms with Gasteiger partial charge in [0.25, 0.3) is 0 Å². The standard InChI is InChI=1S/C40H28.C26H19Br.C14H11BO2/c1-4-15-29(16-5-1)38(30-17-6-2-7-18-30)39(31-19-8-3-9-20-31)34-23-14-24-35(28-34)40-36-25-12-10-21-32(36)27-33-22-11-13-26-37(33)40;27-24-18-10-17-23(19-24)26(22-15-8-3-9-16-22)25(20-11-4-1-5-12-20)21-13-6-2-7-14-21;16-15(17)14-12-7-3-1-5-10(12)9-11-6-2-4-8-13(11)14/h1-28H;1-19H;1-9,16-17H. The van der Waals surface area contributed by atoms with Crippen LogP contribution in [0.15, 0.2) is 344 Å². The van der Waals surface area contributed by atoms with Crippen LogP contribution in [0.2, 0.25) is 0 Å². The molecule has 0 atom stereocenters. The van der Waals surface area contributed by atoms with Crippen molar-refractivity contribution in [3.63, 3.8) is 0 Å². The molecule has 2 nitrogen and oxygen atoms in total. The van der Waals surface area contributed by atoms with Crippen molar-refractivity contribution in [3.05, 3.63) is 389 Å². The van der Waals surface area contributed by atoms with E-state index in [1.807, 2.05) is 48.5 Å². The van der Waals surface area contributed by atoms with E-state index >= 15 is 0 Å². The minimum absolute atomic E-state index is 0.582. The Morgan fingerprint density at radius 2 is 0.500 bits per heavy atom. The summed E-state index contributed by atoms with van der Waals surface area (Å²) in [5.74, 6) is 0. The van der Waals surface area contributed by atoms with Gasteiger partial charge in [0.15, 0.2) is 0 Å². The first-order valence-corrected chi connectivity index (χ1v) is 29.1. The molecule has 0 aliphatic rings. The van der Waals surface area contributed by atoms with Crippen molar-refractivity contribution in [3.8, 4) is 11.1 Å². The molecule has 14 rings (SSSR count). The molecule has 0 heterocycles. The van der Waals surface area contributed by atoms with E-state index in [1.54, 1.807) is 0 Å². The Balaban J connectivity index is 0.000000136. The molecule has 0 saturated carbocycles. The molecule has 2 N–H and O–H groups in total. The summed E-state index contributed by atoms with van der Waals surface area (Å²) in [7, 11) is -1.45. The van der Waals surface area contributed by atoms with Crippen LogP contribution in [0.5, 0.6) is 0 Å². The molecular formula is C80H58BBrO2. The van der Waals surface area contributed by atoms with Crippen molar-refractivity contribution in [2.75, 3.05) is 0 Å². The number of rotatable bonds is 10. The Hall–Kier alpha value is -9.94. The van der Waals surface area contributed by atoms with Crippen molar-refractivity contribution >= 4 is 93.9 Å². The molecule has 400 valence electrons. The quantitative estimate of drug-likeness (QED) is 0.0814. The average molecular weight is 1140 g/mol. The third-order valence-corrected chi connectivity index (χ3v) is 15.8. The lowest BCUT2D eigenvalue weighted by molar-refractivity contribution is 0.426. The first kappa shape index (κ1) is 54.6.